The summed E-state index contributed by atoms with van der Waals surface area (Å²) in [6, 6.07) is 3.07. The Morgan fingerprint density at radius 3 is 2.89 bits per heavy atom. The third kappa shape index (κ3) is 3.34. The summed E-state index contributed by atoms with van der Waals surface area (Å²) in [5.41, 5.74) is 2.81. The molecule has 0 bridgehead atoms. The minimum atomic E-state index is -0.211. The van der Waals surface area contributed by atoms with Gasteiger partial charge in [-0.05, 0) is 30.9 Å². The van der Waals surface area contributed by atoms with Gasteiger partial charge in [-0.15, -0.1) is 0 Å². The van der Waals surface area contributed by atoms with Crippen LogP contribution in [0.3, 0.4) is 0 Å². The molecular weight excluding hydrogens is 268 g/mol. The van der Waals surface area contributed by atoms with Crippen molar-refractivity contribution in [2.24, 2.45) is 11.8 Å². The number of halogens is 1. The maximum Gasteiger partial charge on any atom is 0.253 e. The zero-order chi connectivity index (χ0) is 14.0. The fourth-order valence-corrected chi connectivity index (χ4v) is 2.44. The van der Waals surface area contributed by atoms with Crippen LogP contribution < -0.4 is 11.3 Å². The molecule has 0 aromatic carbocycles. The number of hydrazine groups is 1. The van der Waals surface area contributed by atoms with Crippen LogP contribution in [0.4, 0.5) is 5.82 Å². The van der Waals surface area contributed by atoms with Gasteiger partial charge in [-0.3, -0.25) is 4.79 Å². The number of nitrogens with one attached hydrogen (secondary N) is 1. The Hall–Kier alpha value is -1.37. The number of carbonyl (C=O) groups excluding carboxylic acids is 1. The number of amides is 1. The highest BCUT2D eigenvalue weighted by molar-refractivity contribution is 6.29. The van der Waals surface area contributed by atoms with Crippen LogP contribution in [0.2, 0.25) is 5.15 Å². The number of rotatable bonds is 4. The van der Waals surface area contributed by atoms with E-state index in [4.69, 9.17) is 17.4 Å². The molecule has 0 unspecified atom stereocenters. The number of aliphatic hydroxyl groups is 1. The average Bonchev–Trinajstić information content (AvgIpc) is 2.35. The Morgan fingerprint density at radius 2 is 2.32 bits per heavy atom. The molecule has 104 valence electrons. The fraction of sp³-hybridized carbons (Fsp3) is 0.500. The lowest BCUT2D eigenvalue weighted by Crippen LogP contribution is -2.39. The van der Waals surface area contributed by atoms with Crippen molar-refractivity contribution < 1.29 is 9.90 Å². The second-order valence-electron chi connectivity index (χ2n) is 4.89. The maximum atomic E-state index is 12.2. The predicted molar refractivity (Wildman–Crippen MR) is 72.7 cm³/mol. The third-order valence-corrected chi connectivity index (χ3v) is 3.47. The maximum absolute atomic E-state index is 12.2. The van der Waals surface area contributed by atoms with Crippen LogP contribution in [-0.4, -0.2) is 40.6 Å². The molecule has 1 amide bonds. The topological polar surface area (TPSA) is 91.5 Å². The molecule has 4 N–H and O–H groups in total. The van der Waals surface area contributed by atoms with Crippen molar-refractivity contribution in [3.8, 4) is 0 Å². The highest BCUT2D eigenvalue weighted by Gasteiger charge is 2.29. The van der Waals surface area contributed by atoms with Crippen molar-refractivity contribution in [3.63, 3.8) is 0 Å². The van der Waals surface area contributed by atoms with Crippen LogP contribution in [0.1, 0.15) is 23.2 Å². The summed E-state index contributed by atoms with van der Waals surface area (Å²) >= 11 is 5.83. The van der Waals surface area contributed by atoms with E-state index < -0.39 is 0 Å². The SMILES string of the molecule is CN(CC1CC(O)C1)C(=O)c1cc(Cl)nc(NN)c1. The van der Waals surface area contributed by atoms with E-state index in [1.807, 2.05) is 0 Å². The Morgan fingerprint density at radius 1 is 1.63 bits per heavy atom. The van der Waals surface area contributed by atoms with Crippen molar-refractivity contribution >= 4 is 23.3 Å². The van der Waals surface area contributed by atoms with Crippen LogP contribution in [0.15, 0.2) is 12.1 Å². The lowest BCUT2D eigenvalue weighted by atomic mass is 9.82. The van der Waals surface area contributed by atoms with Gasteiger partial charge < -0.3 is 15.4 Å². The Balaban J connectivity index is 2.03. The van der Waals surface area contributed by atoms with Gasteiger partial charge in [-0.25, -0.2) is 10.8 Å². The molecular formula is C12H17ClN4O2. The van der Waals surface area contributed by atoms with Crippen molar-refractivity contribution in [1.82, 2.24) is 9.88 Å². The molecule has 0 spiro atoms. The smallest absolute Gasteiger partial charge is 0.253 e. The summed E-state index contributed by atoms with van der Waals surface area (Å²) in [5, 5.41) is 9.45. The number of hydrogen-bond donors (Lipinski definition) is 3. The molecule has 1 heterocycles. The Bertz CT molecular complexity index is 477. The highest BCUT2D eigenvalue weighted by atomic mass is 35.5. The molecule has 0 radical (unpaired) electrons. The van der Waals surface area contributed by atoms with Gasteiger partial charge in [0.05, 0.1) is 6.10 Å². The Labute approximate surface area is 116 Å². The first kappa shape index (κ1) is 14.0. The first-order valence-electron chi connectivity index (χ1n) is 6.07. The number of pyridine rings is 1. The molecule has 1 aromatic rings. The van der Waals surface area contributed by atoms with Crippen LogP contribution in [0.5, 0.6) is 0 Å². The van der Waals surface area contributed by atoms with Crippen molar-refractivity contribution in [3.05, 3.63) is 22.8 Å². The number of carbonyl (C=O) groups is 1. The van der Waals surface area contributed by atoms with E-state index in [9.17, 15) is 9.90 Å². The molecule has 1 aliphatic rings. The number of nitrogens with two attached hydrogens (primary N) is 1. The van der Waals surface area contributed by atoms with E-state index in [0.717, 1.165) is 12.8 Å². The zero-order valence-electron chi connectivity index (χ0n) is 10.6. The van der Waals surface area contributed by atoms with E-state index in [0.29, 0.717) is 23.8 Å². The molecule has 7 heteroatoms. The van der Waals surface area contributed by atoms with Gasteiger partial charge in [-0.1, -0.05) is 11.6 Å². The molecule has 19 heavy (non-hydrogen) atoms. The monoisotopic (exact) mass is 284 g/mol. The van der Waals surface area contributed by atoms with E-state index >= 15 is 0 Å². The summed E-state index contributed by atoms with van der Waals surface area (Å²) in [7, 11) is 1.73. The van der Waals surface area contributed by atoms with E-state index in [-0.39, 0.29) is 17.2 Å². The molecule has 1 saturated carbocycles. The summed E-state index contributed by atoms with van der Waals surface area (Å²) in [4.78, 5) is 17.8. The Kier molecular flexibility index (Phi) is 4.24. The summed E-state index contributed by atoms with van der Waals surface area (Å²) in [5.74, 6) is 5.85. The molecule has 0 atom stereocenters. The lowest BCUT2D eigenvalue weighted by Gasteiger charge is -2.34. The standard InChI is InChI=1S/C12H17ClN4O2/c1-17(6-7-2-9(18)3-7)12(19)8-4-10(13)15-11(5-8)16-14/h4-5,7,9,18H,2-3,6,14H2,1H3,(H,15,16). The molecule has 2 rings (SSSR count). The van der Waals surface area contributed by atoms with Gasteiger partial charge in [0.1, 0.15) is 11.0 Å². The molecule has 0 aliphatic heterocycles. The average molecular weight is 285 g/mol. The van der Waals surface area contributed by atoms with Crippen molar-refractivity contribution in [2.75, 3.05) is 19.0 Å². The lowest BCUT2D eigenvalue weighted by molar-refractivity contribution is 0.0265. The molecule has 1 fully saturated rings. The quantitative estimate of drug-likeness (QED) is 0.433. The van der Waals surface area contributed by atoms with Gasteiger partial charge in [0.15, 0.2) is 0 Å². The van der Waals surface area contributed by atoms with Crippen LogP contribution in [-0.2, 0) is 0 Å². The minimum Gasteiger partial charge on any atom is -0.393 e. The van der Waals surface area contributed by atoms with Crippen LogP contribution in [0, 0.1) is 5.92 Å². The molecule has 0 saturated heterocycles. The van der Waals surface area contributed by atoms with E-state index in [1.54, 1.807) is 18.0 Å². The number of aliphatic hydroxyl groups excluding tert-OH is 1. The summed E-state index contributed by atoms with van der Waals surface area (Å²) in [6.45, 7) is 0.626. The van der Waals surface area contributed by atoms with Crippen molar-refractivity contribution in [1.29, 1.82) is 0 Å². The molecule has 1 aromatic heterocycles. The van der Waals surface area contributed by atoms with Crippen LogP contribution >= 0.6 is 11.6 Å². The van der Waals surface area contributed by atoms with Gasteiger partial charge in [0.2, 0.25) is 0 Å². The first-order chi connectivity index (χ1) is 8.99. The molecule has 1 aliphatic carbocycles. The predicted octanol–water partition coefficient (Wildman–Crippen LogP) is 0.863. The fourth-order valence-electron chi connectivity index (χ4n) is 2.23. The number of nitrogens with zero attached hydrogens (tertiary/aromatic N) is 2. The van der Waals surface area contributed by atoms with Gasteiger partial charge in [-0.2, -0.15) is 0 Å². The summed E-state index contributed by atoms with van der Waals surface area (Å²) < 4.78 is 0. The summed E-state index contributed by atoms with van der Waals surface area (Å²) in [6.07, 6.45) is 1.30. The second-order valence-corrected chi connectivity index (χ2v) is 5.27. The number of aromatic nitrogens is 1. The minimum absolute atomic E-state index is 0.137. The second kappa shape index (κ2) is 5.73. The third-order valence-electron chi connectivity index (χ3n) is 3.28. The van der Waals surface area contributed by atoms with E-state index in [2.05, 4.69) is 10.4 Å². The van der Waals surface area contributed by atoms with E-state index in [1.165, 1.54) is 6.07 Å². The van der Waals surface area contributed by atoms with Gasteiger partial charge in [0.25, 0.3) is 5.91 Å². The number of hydrogen-bond acceptors (Lipinski definition) is 5. The van der Waals surface area contributed by atoms with Gasteiger partial charge >= 0.3 is 0 Å². The molecule has 6 nitrogen and oxygen atoms in total. The number of anilines is 1. The number of nitrogen functional groups attached to an aromatic ring is 1. The van der Waals surface area contributed by atoms with Gasteiger partial charge in [0, 0.05) is 19.2 Å². The van der Waals surface area contributed by atoms with Crippen LogP contribution in [0.25, 0.3) is 0 Å². The first-order valence-corrected chi connectivity index (χ1v) is 6.45. The van der Waals surface area contributed by atoms with Crippen molar-refractivity contribution in [2.45, 2.75) is 18.9 Å². The largest absolute Gasteiger partial charge is 0.393 e. The normalized spacial score (nSPS) is 21.7. The zero-order valence-corrected chi connectivity index (χ0v) is 11.4. The highest BCUT2D eigenvalue weighted by Crippen LogP contribution is 2.28.